The minimum atomic E-state index is -3.79. The topological polar surface area (TPSA) is 186 Å². The fourth-order valence-electron chi connectivity index (χ4n) is 5.30. The first-order valence-electron chi connectivity index (χ1n) is 17.8. The smallest absolute Gasteiger partial charge is 0.276 e. The van der Waals surface area contributed by atoms with Gasteiger partial charge in [-0.2, -0.15) is 25.3 Å². The van der Waals surface area contributed by atoms with Crippen molar-refractivity contribution < 1.29 is 37.0 Å². The molecule has 3 unspecified atom stereocenters. The summed E-state index contributed by atoms with van der Waals surface area (Å²) in [5.41, 5.74) is 0.701. The van der Waals surface area contributed by atoms with Crippen molar-refractivity contribution in [1.82, 2.24) is 25.8 Å². The molecule has 1 aliphatic heterocycles. The molecule has 288 valence electrons. The first-order valence-corrected chi connectivity index (χ1v) is 21.3. The van der Waals surface area contributed by atoms with Gasteiger partial charge in [0.1, 0.15) is 5.69 Å². The summed E-state index contributed by atoms with van der Waals surface area (Å²) < 4.78 is 41.4. The number of ether oxygens (including phenoxy) is 3. The predicted molar refractivity (Wildman–Crippen MR) is 207 cm³/mol. The first-order chi connectivity index (χ1) is 25.0. The Morgan fingerprint density at radius 1 is 0.942 bits per heavy atom. The number of sulfonamides is 1. The van der Waals surface area contributed by atoms with Gasteiger partial charge in [-0.25, -0.2) is 4.83 Å². The summed E-state index contributed by atoms with van der Waals surface area (Å²) >= 11 is 1.92. The van der Waals surface area contributed by atoms with Crippen LogP contribution in [0.5, 0.6) is 0 Å². The fourth-order valence-corrected chi connectivity index (χ4v) is 8.06. The molecule has 4 N–H and O–H groups in total. The third kappa shape index (κ3) is 17.0. The lowest BCUT2D eigenvalue weighted by atomic mass is 9.97. The molecular formula is C35H54N6O8S2Si. The molecule has 1 aromatic carbocycles. The average Bonchev–Trinajstić information content (AvgIpc) is 3.45. The van der Waals surface area contributed by atoms with Crippen LogP contribution in [-0.2, 0) is 33.8 Å². The van der Waals surface area contributed by atoms with Crippen LogP contribution in [0.15, 0.2) is 52.6 Å². The number of benzene rings is 1. The second-order valence-corrected chi connectivity index (χ2v) is 16.7. The lowest BCUT2D eigenvalue weighted by Crippen LogP contribution is -2.41. The van der Waals surface area contributed by atoms with Crippen LogP contribution >= 0.6 is 11.8 Å². The standard InChI is InChI=1S/C35H54N6O8S2Si/c1-26-25-50-32(34(26)40-27(2)42)7-3-4-8-33(43)37-14-5-17-47-19-21-49-22-20-48-18-6-15-38-35(44)31-23-28(13-16-36-31)24-39-41-51(45,46)29-9-11-30(52)12-10-29/h9-13,16,23-24,26,32,34,41H,3-8,14-15,17-22,25H2,1-2,52H3,(H,37,43)(H,38,44)(H,40,42)/b39-24-. The van der Waals surface area contributed by atoms with Crippen LogP contribution < -0.4 is 26.0 Å². The van der Waals surface area contributed by atoms with E-state index in [1.54, 1.807) is 25.1 Å². The van der Waals surface area contributed by atoms with Crippen LogP contribution in [0.3, 0.4) is 0 Å². The Bertz CT molecular complexity index is 1530. The number of thioether (sulfide) groups is 1. The molecule has 52 heavy (non-hydrogen) atoms. The molecule has 3 rings (SSSR count). The molecule has 14 nitrogen and oxygen atoms in total. The summed E-state index contributed by atoms with van der Waals surface area (Å²) in [5.74, 6) is 1.27. The van der Waals surface area contributed by atoms with Gasteiger partial charge in [-0.05, 0) is 67.2 Å². The van der Waals surface area contributed by atoms with Gasteiger partial charge in [-0.15, -0.1) is 0 Å². The zero-order chi connectivity index (χ0) is 37.6. The molecule has 1 aromatic heterocycles. The summed E-state index contributed by atoms with van der Waals surface area (Å²) in [6.07, 6.45) is 7.45. The van der Waals surface area contributed by atoms with E-state index in [0.717, 1.165) is 46.9 Å². The minimum absolute atomic E-state index is 0.0241. The number of unbranched alkanes of at least 4 members (excludes halogenated alkanes) is 1. The van der Waals surface area contributed by atoms with Crippen LogP contribution in [0, 0.1) is 5.92 Å². The summed E-state index contributed by atoms with van der Waals surface area (Å²) in [7, 11) is -2.95. The van der Waals surface area contributed by atoms with Crippen molar-refractivity contribution in [1.29, 1.82) is 0 Å². The molecule has 1 saturated heterocycles. The molecule has 2 heterocycles. The van der Waals surface area contributed by atoms with Gasteiger partial charge in [-0.1, -0.05) is 30.7 Å². The molecule has 3 atom stereocenters. The van der Waals surface area contributed by atoms with Gasteiger partial charge in [0, 0.05) is 67.4 Å². The summed E-state index contributed by atoms with van der Waals surface area (Å²) in [4.78, 5) is 42.5. The molecule has 0 aliphatic carbocycles. The van der Waals surface area contributed by atoms with Crippen molar-refractivity contribution in [3.63, 3.8) is 0 Å². The Balaban J connectivity index is 1.11. The van der Waals surface area contributed by atoms with E-state index in [9.17, 15) is 22.8 Å². The van der Waals surface area contributed by atoms with Crippen LogP contribution in [0.2, 0.25) is 0 Å². The van der Waals surface area contributed by atoms with Crippen LogP contribution in [0.25, 0.3) is 0 Å². The Morgan fingerprint density at radius 2 is 1.60 bits per heavy atom. The molecular weight excluding hydrogens is 725 g/mol. The molecule has 1 aliphatic rings. The summed E-state index contributed by atoms with van der Waals surface area (Å²) in [5, 5.41) is 14.2. The number of nitrogens with zero attached hydrogens (tertiary/aromatic N) is 2. The van der Waals surface area contributed by atoms with E-state index in [4.69, 9.17) is 14.2 Å². The van der Waals surface area contributed by atoms with Crippen molar-refractivity contribution in [2.75, 3.05) is 58.5 Å². The van der Waals surface area contributed by atoms with Crippen molar-refractivity contribution in [3.05, 3.63) is 53.9 Å². The molecule has 0 bridgehead atoms. The second kappa shape index (κ2) is 24.1. The van der Waals surface area contributed by atoms with Crippen molar-refractivity contribution in [3.8, 4) is 0 Å². The molecule has 17 heteroatoms. The van der Waals surface area contributed by atoms with Gasteiger partial charge in [0.25, 0.3) is 15.9 Å². The number of carbonyl (C=O) groups is 3. The lowest BCUT2D eigenvalue weighted by molar-refractivity contribution is -0.121. The van der Waals surface area contributed by atoms with E-state index in [1.807, 2.05) is 11.8 Å². The molecule has 2 aromatic rings. The first kappa shape index (κ1) is 43.1. The average molecular weight is 779 g/mol. The minimum Gasteiger partial charge on any atom is -0.379 e. The number of amides is 3. The molecule has 1 fully saturated rings. The van der Waals surface area contributed by atoms with E-state index >= 15 is 0 Å². The van der Waals surface area contributed by atoms with Gasteiger partial charge in [0.15, 0.2) is 0 Å². The highest BCUT2D eigenvalue weighted by atomic mass is 32.2. The van der Waals surface area contributed by atoms with Crippen LogP contribution in [0.1, 0.15) is 68.4 Å². The third-order valence-corrected chi connectivity index (χ3v) is 11.7. The SMILES string of the molecule is CC(=O)NC1C(C)CSC1CCCCC(=O)NCCCOCCOCCOCCCNC(=O)c1cc(/C=N\NS(=O)(=O)c2ccc([SiH3])cc2)ccn1. The largest absolute Gasteiger partial charge is 0.379 e. The van der Waals surface area contributed by atoms with Crippen LogP contribution in [0.4, 0.5) is 0 Å². The molecule has 3 amide bonds. The quantitative estimate of drug-likeness (QED) is 0.0488. The molecule has 0 saturated carbocycles. The fraction of sp³-hybridized carbons (Fsp3) is 0.571. The van der Waals surface area contributed by atoms with Crippen molar-refractivity contribution in [2.24, 2.45) is 11.0 Å². The number of rotatable bonds is 25. The number of hydrogen-bond donors (Lipinski definition) is 4. The highest BCUT2D eigenvalue weighted by Gasteiger charge is 2.34. The third-order valence-electron chi connectivity index (χ3n) is 8.12. The number of nitrogens with one attached hydrogen (secondary N) is 4. The Hall–Kier alpha value is -3.35. The van der Waals surface area contributed by atoms with Crippen LogP contribution in [-0.4, -0.2) is 117 Å². The van der Waals surface area contributed by atoms with Gasteiger partial charge >= 0.3 is 0 Å². The molecule has 0 radical (unpaired) electrons. The zero-order valence-corrected chi connectivity index (χ0v) is 34.1. The van der Waals surface area contributed by atoms with E-state index in [1.165, 1.54) is 30.6 Å². The normalized spacial score (nSPS) is 17.3. The number of carbonyl (C=O) groups excluding carboxylic acids is 3. The van der Waals surface area contributed by atoms with Gasteiger partial charge in [-0.3, -0.25) is 19.4 Å². The Morgan fingerprint density at radius 3 is 2.27 bits per heavy atom. The van der Waals surface area contributed by atoms with Crippen molar-refractivity contribution >= 4 is 61.2 Å². The maximum Gasteiger partial charge on any atom is 0.276 e. The van der Waals surface area contributed by atoms with Crippen molar-refractivity contribution in [2.45, 2.75) is 68.6 Å². The van der Waals surface area contributed by atoms with E-state index in [2.05, 4.69) is 37.8 Å². The summed E-state index contributed by atoms with van der Waals surface area (Å²) in [6.45, 7) is 7.48. The number of pyridine rings is 1. The Labute approximate surface area is 314 Å². The van der Waals surface area contributed by atoms with E-state index in [-0.39, 0.29) is 34.4 Å². The Kier molecular flexibility index (Phi) is 19.9. The van der Waals surface area contributed by atoms with Gasteiger partial charge in [0.2, 0.25) is 11.8 Å². The maximum atomic E-state index is 12.5. The van der Waals surface area contributed by atoms with E-state index < -0.39 is 10.0 Å². The highest BCUT2D eigenvalue weighted by molar-refractivity contribution is 8.00. The van der Waals surface area contributed by atoms with Gasteiger partial charge < -0.3 is 30.2 Å². The number of hydrogen-bond acceptors (Lipinski definition) is 11. The van der Waals surface area contributed by atoms with E-state index in [0.29, 0.717) is 82.3 Å². The maximum absolute atomic E-state index is 12.5. The lowest BCUT2D eigenvalue weighted by Gasteiger charge is -2.22. The number of aromatic nitrogens is 1. The van der Waals surface area contributed by atoms with Gasteiger partial charge in [0.05, 0.1) is 37.5 Å². The number of hydrazone groups is 1. The summed E-state index contributed by atoms with van der Waals surface area (Å²) in [6, 6.07) is 9.96. The highest BCUT2D eigenvalue weighted by Crippen LogP contribution is 2.34. The molecule has 0 spiro atoms. The predicted octanol–water partition coefficient (Wildman–Crippen LogP) is 0.877. The monoisotopic (exact) mass is 778 g/mol. The second-order valence-electron chi connectivity index (χ2n) is 12.6. The zero-order valence-electron chi connectivity index (χ0n) is 30.4.